The topological polar surface area (TPSA) is 62.9 Å². The monoisotopic (exact) mass is 278 g/mol. The third kappa shape index (κ3) is 7.11. The van der Waals surface area contributed by atoms with Gasteiger partial charge in [-0.1, -0.05) is 30.3 Å². The molecule has 0 spiro atoms. The van der Waals surface area contributed by atoms with Gasteiger partial charge in [0.15, 0.2) is 5.96 Å². The zero-order valence-corrected chi connectivity index (χ0v) is 12.7. The van der Waals surface area contributed by atoms with Crippen molar-refractivity contribution in [2.45, 2.75) is 19.5 Å². The van der Waals surface area contributed by atoms with Crippen LogP contribution >= 0.6 is 0 Å². The number of benzene rings is 1. The molecule has 0 aliphatic rings. The van der Waals surface area contributed by atoms with Gasteiger partial charge >= 0.3 is 0 Å². The van der Waals surface area contributed by atoms with Crippen molar-refractivity contribution in [2.24, 2.45) is 10.7 Å². The molecule has 20 heavy (non-hydrogen) atoms. The number of hydrogen-bond acceptors (Lipinski definition) is 3. The molecule has 5 nitrogen and oxygen atoms in total. The van der Waals surface area contributed by atoms with E-state index in [1.165, 1.54) is 5.56 Å². The number of methoxy groups -OCH3 is 1. The minimum Gasteiger partial charge on any atom is -0.383 e. The minimum atomic E-state index is 0.172. The molecule has 1 aromatic rings. The van der Waals surface area contributed by atoms with Crippen molar-refractivity contribution >= 4 is 5.96 Å². The zero-order valence-electron chi connectivity index (χ0n) is 12.7. The predicted octanol–water partition coefficient (Wildman–Crippen LogP) is 1.06. The summed E-state index contributed by atoms with van der Waals surface area (Å²) in [6.45, 7) is 5.10. The number of aliphatic imine (C=N–C) groups is 1. The van der Waals surface area contributed by atoms with Crippen LogP contribution in [0.3, 0.4) is 0 Å². The summed E-state index contributed by atoms with van der Waals surface area (Å²) in [7, 11) is 3.75. The van der Waals surface area contributed by atoms with Gasteiger partial charge in [0.25, 0.3) is 0 Å². The number of hydrogen-bond donors (Lipinski definition) is 2. The third-order valence-electron chi connectivity index (χ3n) is 2.87. The molecule has 1 atom stereocenters. The van der Waals surface area contributed by atoms with Gasteiger partial charge < -0.3 is 20.7 Å². The largest absolute Gasteiger partial charge is 0.383 e. The van der Waals surface area contributed by atoms with Crippen LogP contribution in [-0.2, 0) is 11.3 Å². The van der Waals surface area contributed by atoms with E-state index in [2.05, 4.69) is 46.5 Å². The third-order valence-corrected chi connectivity index (χ3v) is 2.87. The predicted molar refractivity (Wildman–Crippen MR) is 83.7 cm³/mol. The summed E-state index contributed by atoms with van der Waals surface area (Å²) in [5.74, 6) is 0.475. The average molecular weight is 278 g/mol. The van der Waals surface area contributed by atoms with E-state index >= 15 is 0 Å². The van der Waals surface area contributed by atoms with Gasteiger partial charge in [-0.15, -0.1) is 0 Å². The SMILES string of the molecule is COCC(C)NC(N)=NCCN(C)Cc1ccccc1. The maximum absolute atomic E-state index is 5.81. The zero-order chi connectivity index (χ0) is 14.8. The Labute approximate surface area is 121 Å². The van der Waals surface area contributed by atoms with E-state index in [0.717, 1.165) is 13.1 Å². The fraction of sp³-hybridized carbons (Fsp3) is 0.533. The van der Waals surface area contributed by atoms with Gasteiger partial charge in [-0.3, -0.25) is 4.99 Å². The molecule has 112 valence electrons. The number of ether oxygens (including phenoxy) is 1. The van der Waals surface area contributed by atoms with Crippen LogP contribution in [0.1, 0.15) is 12.5 Å². The molecule has 0 fully saturated rings. The Morgan fingerprint density at radius 3 is 2.75 bits per heavy atom. The lowest BCUT2D eigenvalue weighted by Crippen LogP contribution is -2.41. The molecule has 0 aromatic heterocycles. The van der Waals surface area contributed by atoms with Crippen LogP contribution in [0.25, 0.3) is 0 Å². The summed E-state index contributed by atoms with van der Waals surface area (Å²) in [6, 6.07) is 10.6. The van der Waals surface area contributed by atoms with Crippen LogP contribution < -0.4 is 11.1 Å². The lowest BCUT2D eigenvalue weighted by molar-refractivity contribution is 0.179. The number of guanidine groups is 1. The van der Waals surface area contributed by atoms with Gasteiger partial charge in [-0.05, 0) is 19.5 Å². The van der Waals surface area contributed by atoms with Crippen molar-refractivity contribution in [1.82, 2.24) is 10.2 Å². The number of nitrogens with two attached hydrogens (primary N) is 1. The highest BCUT2D eigenvalue weighted by Crippen LogP contribution is 2.01. The molecule has 3 N–H and O–H groups in total. The van der Waals surface area contributed by atoms with Gasteiger partial charge in [0.2, 0.25) is 0 Å². The Morgan fingerprint density at radius 2 is 2.10 bits per heavy atom. The quantitative estimate of drug-likeness (QED) is 0.551. The Hall–Kier alpha value is -1.59. The molecule has 0 aliphatic heterocycles. The van der Waals surface area contributed by atoms with Crippen molar-refractivity contribution in [1.29, 1.82) is 0 Å². The van der Waals surface area contributed by atoms with E-state index < -0.39 is 0 Å². The molecule has 0 heterocycles. The molecule has 1 aromatic carbocycles. The van der Waals surface area contributed by atoms with Crippen molar-refractivity contribution in [3.05, 3.63) is 35.9 Å². The summed E-state index contributed by atoms with van der Waals surface area (Å²) in [5, 5.41) is 3.09. The number of likely N-dealkylation sites (N-methyl/N-ethyl adjacent to an activating group) is 1. The molecule has 1 rings (SSSR count). The number of nitrogens with zero attached hydrogens (tertiary/aromatic N) is 2. The Bertz CT molecular complexity index is 394. The fourth-order valence-corrected chi connectivity index (χ4v) is 1.91. The number of nitrogens with one attached hydrogen (secondary N) is 1. The van der Waals surface area contributed by atoms with Crippen LogP contribution in [0.2, 0.25) is 0 Å². The van der Waals surface area contributed by atoms with E-state index in [4.69, 9.17) is 10.5 Å². The van der Waals surface area contributed by atoms with Crippen molar-refractivity contribution in [3.8, 4) is 0 Å². The Kier molecular flexibility index (Phi) is 7.69. The van der Waals surface area contributed by atoms with Gasteiger partial charge in [-0.25, -0.2) is 0 Å². The second kappa shape index (κ2) is 9.34. The molecule has 0 aliphatic carbocycles. The van der Waals surface area contributed by atoms with E-state index in [9.17, 15) is 0 Å². The lowest BCUT2D eigenvalue weighted by Gasteiger charge is -2.16. The molecule has 0 bridgehead atoms. The van der Waals surface area contributed by atoms with E-state index in [1.807, 2.05) is 13.0 Å². The van der Waals surface area contributed by atoms with Crippen LogP contribution in [0, 0.1) is 0 Å². The van der Waals surface area contributed by atoms with E-state index in [1.54, 1.807) is 7.11 Å². The molecular weight excluding hydrogens is 252 g/mol. The highest BCUT2D eigenvalue weighted by Gasteiger charge is 2.02. The Morgan fingerprint density at radius 1 is 1.40 bits per heavy atom. The maximum Gasteiger partial charge on any atom is 0.188 e. The smallest absolute Gasteiger partial charge is 0.188 e. The van der Waals surface area contributed by atoms with E-state index in [-0.39, 0.29) is 6.04 Å². The fourth-order valence-electron chi connectivity index (χ4n) is 1.91. The molecule has 0 amide bonds. The molecular formula is C15H26N4O. The molecule has 0 saturated carbocycles. The Balaban J connectivity index is 2.25. The summed E-state index contributed by atoms with van der Waals surface area (Å²) in [4.78, 5) is 6.54. The van der Waals surface area contributed by atoms with Crippen LogP contribution in [0.5, 0.6) is 0 Å². The molecule has 1 unspecified atom stereocenters. The van der Waals surface area contributed by atoms with Crippen LogP contribution in [-0.4, -0.2) is 50.8 Å². The van der Waals surface area contributed by atoms with Crippen molar-refractivity contribution in [3.63, 3.8) is 0 Å². The summed E-state index contributed by atoms with van der Waals surface area (Å²) in [6.07, 6.45) is 0. The van der Waals surface area contributed by atoms with Gasteiger partial charge in [0.05, 0.1) is 13.2 Å². The molecule has 0 saturated heterocycles. The van der Waals surface area contributed by atoms with Gasteiger partial charge in [0, 0.05) is 26.2 Å². The van der Waals surface area contributed by atoms with Gasteiger partial charge in [0.1, 0.15) is 0 Å². The van der Waals surface area contributed by atoms with Crippen molar-refractivity contribution in [2.75, 3.05) is 33.9 Å². The van der Waals surface area contributed by atoms with Crippen LogP contribution in [0.4, 0.5) is 0 Å². The summed E-state index contributed by atoms with van der Waals surface area (Å²) < 4.78 is 5.03. The standard InChI is InChI=1S/C15H26N4O/c1-13(12-20-3)18-15(16)17-9-10-19(2)11-14-7-5-4-6-8-14/h4-8,13H,9-12H2,1-3H3,(H3,16,17,18). The first kappa shape index (κ1) is 16.5. The highest BCUT2D eigenvalue weighted by molar-refractivity contribution is 5.78. The first-order valence-corrected chi connectivity index (χ1v) is 6.89. The number of rotatable bonds is 8. The van der Waals surface area contributed by atoms with Crippen LogP contribution in [0.15, 0.2) is 35.3 Å². The second-order valence-electron chi connectivity index (χ2n) is 4.99. The summed E-state index contributed by atoms with van der Waals surface area (Å²) in [5.41, 5.74) is 7.11. The van der Waals surface area contributed by atoms with Crippen molar-refractivity contribution < 1.29 is 4.74 Å². The lowest BCUT2D eigenvalue weighted by atomic mass is 10.2. The average Bonchev–Trinajstić information content (AvgIpc) is 2.39. The van der Waals surface area contributed by atoms with E-state index in [0.29, 0.717) is 19.1 Å². The van der Waals surface area contributed by atoms with Gasteiger partial charge in [-0.2, -0.15) is 0 Å². The first-order valence-electron chi connectivity index (χ1n) is 6.89. The normalized spacial score (nSPS) is 13.5. The highest BCUT2D eigenvalue weighted by atomic mass is 16.5. The summed E-state index contributed by atoms with van der Waals surface area (Å²) >= 11 is 0. The second-order valence-corrected chi connectivity index (χ2v) is 4.99. The molecule has 0 radical (unpaired) electrons. The first-order chi connectivity index (χ1) is 9.61. The molecule has 5 heteroatoms. The maximum atomic E-state index is 5.81. The minimum absolute atomic E-state index is 0.172.